The van der Waals surface area contributed by atoms with Gasteiger partial charge in [0.15, 0.2) is 0 Å². The van der Waals surface area contributed by atoms with E-state index in [-0.39, 0.29) is 17.7 Å². The Balaban J connectivity index is 1.32. The number of fused-ring (bicyclic) bond motifs is 2. The summed E-state index contributed by atoms with van der Waals surface area (Å²) in [6.45, 7) is 3.00. The molecule has 34 heavy (non-hydrogen) atoms. The zero-order valence-electron chi connectivity index (χ0n) is 18.9. The second kappa shape index (κ2) is 9.35. The van der Waals surface area contributed by atoms with E-state index < -0.39 is 6.04 Å². The number of carbonyl (C=O) groups excluding carboxylic acids is 2. The number of nitrogens with zero attached hydrogens (tertiary/aromatic N) is 1. The van der Waals surface area contributed by atoms with Gasteiger partial charge < -0.3 is 15.2 Å². The lowest BCUT2D eigenvalue weighted by Crippen LogP contribution is -2.41. The van der Waals surface area contributed by atoms with Crippen LogP contribution >= 0.6 is 11.6 Å². The van der Waals surface area contributed by atoms with Crippen LogP contribution in [-0.2, 0) is 11.2 Å². The number of rotatable bonds is 7. The van der Waals surface area contributed by atoms with Gasteiger partial charge in [-0.1, -0.05) is 67.1 Å². The SMILES string of the molecule is CC(CN1C(=O)c2ccccc2C1C(=O)NCCc1c[nH]c2ccccc12)c1ccc(Cl)cc1. The van der Waals surface area contributed by atoms with Crippen molar-refractivity contribution >= 4 is 34.3 Å². The van der Waals surface area contributed by atoms with Crippen molar-refractivity contribution in [3.63, 3.8) is 0 Å². The molecule has 2 unspecified atom stereocenters. The molecule has 0 aliphatic carbocycles. The molecule has 2 heterocycles. The van der Waals surface area contributed by atoms with Crippen molar-refractivity contribution in [2.24, 2.45) is 0 Å². The Morgan fingerprint density at radius 2 is 1.79 bits per heavy atom. The number of para-hydroxylation sites is 1. The highest BCUT2D eigenvalue weighted by Gasteiger charge is 2.41. The number of carbonyl (C=O) groups is 2. The van der Waals surface area contributed by atoms with Crippen molar-refractivity contribution in [2.45, 2.75) is 25.3 Å². The summed E-state index contributed by atoms with van der Waals surface area (Å²) in [6.07, 6.45) is 2.70. The molecule has 4 aromatic rings. The average molecular weight is 472 g/mol. The first-order valence-corrected chi connectivity index (χ1v) is 11.9. The molecule has 5 nitrogen and oxygen atoms in total. The molecule has 0 fully saturated rings. The van der Waals surface area contributed by atoms with Crippen molar-refractivity contribution in [3.8, 4) is 0 Å². The monoisotopic (exact) mass is 471 g/mol. The van der Waals surface area contributed by atoms with Gasteiger partial charge in [0, 0.05) is 40.8 Å². The predicted octanol–water partition coefficient (Wildman–Crippen LogP) is 5.48. The first kappa shape index (κ1) is 22.2. The van der Waals surface area contributed by atoms with Crippen LogP contribution in [-0.4, -0.2) is 34.8 Å². The zero-order chi connectivity index (χ0) is 23.7. The number of amides is 2. The maximum absolute atomic E-state index is 13.4. The molecule has 1 aliphatic rings. The third-order valence-electron chi connectivity index (χ3n) is 6.58. The van der Waals surface area contributed by atoms with Crippen molar-refractivity contribution in [1.82, 2.24) is 15.2 Å². The fourth-order valence-corrected chi connectivity index (χ4v) is 4.91. The molecule has 0 spiro atoms. The summed E-state index contributed by atoms with van der Waals surface area (Å²) >= 11 is 6.03. The van der Waals surface area contributed by atoms with E-state index in [1.165, 1.54) is 0 Å². The molecule has 1 aromatic heterocycles. The number of nitrogens with one attached hydrogen (secondary N) is 2. The van der Waals surface area contributed by atoms with E-state index in [1.807, 2.05) is 66.9 Å². The fraction of sp³-hybridized carbons (Fsp3) is 0.214. The van der Waals surface area contributed by atoms with Crippen molar-refractivity contribution in [2.75, 3.05) is 13.1 Å². The van der Waals surface area contributed by atoms with Gasteiger partial charge in [0.2, 0.25) is 5.91 Å². The van der Waals surface area contributed by atoms with Crippen LogP contribution in [0.15, 0.2) is 79.0 Å². The van der Waals surface area contributed by atoms with Crippen molar-refractivity contribution < 1.29 is 9.59 Å². The molecule has 172 valence electrons. The highest BCUT2D eigenvalue weighted by atomic mass is 35.5. The molecule has 0 bridgehead atoms. The van der Waals surface area contributed by atoms with Gasteiger partial charge in [-0.25, -0.2) is 0 Å². The van der Waals surface area contributed by atoms with Gasteiger partial charge in [-0.15, -0.1) is 0 Å². The second-order valence-electron chi connectivity index (χ2n) is 8.80. The Bertz CT molecular complexity index is 1350. The standard InChI is InChI=1S/C28H26ClN3O2/c1-18(19-10-12-21(29)13-11-19)17-32-26(23-7-2-3-8-24(23)28(32)34)27(33)30-15-14-20-16-31-25-9-5-4-6-22(20)25/h2-13,16,18,26,31H,14-15,17H2,1H3,(H,30,33). The van der Waals surface area contributed by atoms with Gasteiger partial charge in [-0.05, 0) is 53.3 Å². The number of halogens is 1. The van der Waals surface area contributed by atoms with Crippen LogP contribution in [0.25, 0.3) is 10.9 Å². The molecule has 6 heteroatoms. The third kappa shape index (κ3) is 4.19. The fourth-order valence-electron chi connectivity index (χ4n) is 4.79. The molecule has 1 aliphatic heterocycles. The van der Waals surface area contributed by atoms with Crippen molar-refractivity contribution in [3.05, 3.63) is 106 Å². The number of H-pyrrole nitrogens is 1. The predicted molar refractivity (Wildman–Crippen MR) is 135 cm³/mol. The smallest absolute Gasteiger partial charge is 0.255 e. The first-order chi connectivity index (χ1) is 16.5. The summed E-state index contributed by atoms with van der Waals surface area (Å²) in [6, 6.07) is 22.5. The Morgan fingerprint density at radius 3 is 2.62 bits per heavy atom. The summed E-state index contributed by atoms with van der Waals surface area (Å²) in [7, 11) is 0. The minimum atomic E-state index is -0.638. The molecule has 0 saturated carbocycles. The van der Waals surface area contributed by atoms with E-state index in [1.54, 1.807) is 11.0 Å². The van der Waals surface area contributed by atoms with Gasteiger partial charge in [-0.2, -0.15) is 0 Å². The minimum absolute atomic E-state index is 0.0528. The Morgan fingerprint density at radius 1 is 1.06 bits per heavy atom. The van der Waals surface area contributed by atoms with Crippen LogP contribution in [0.3, 0.4) is 0 Å². The van der Waals surface area contributed by atoms with E-state index in [0.717, 1.165) is 27.6 Å². The average Bonchev–Trinajstić information content (AvgIpc) is 3.38. The van der Waals surface area contributed by atoms with Crippen LogP contribution in [0, 0.1) is 0 Å². The highest BCUT2D eigenvalue weighted by molar-refractivity contribution is 6.30. The van der Waals surface area contributed by atoms with Gasteiger partial charge in [0.25, 0.3) is 5.91 Å². The van der Waals surface area contributed by atoms with Crippen molar-refractivity contribution in [1.29, 1.82) is 0 Å². The quantitative estimate of drug-likeness (QED) is 0.375. The van der Waals surface area contributed by atoms with Crippen LogP contribution in [0.2, 0.25) is 5.02 Å². The van der Waals surface area contributed by atoms with Gasteiger partial charge in [-0.3, -0.25) is 9.59 Å². The zero-order valence-corrected chi connectivity index (χ0v) is 19.7. The molecule has 3 aromatic carbocycles. The first-order valence-electron chi connectivity index (χ1n) is 11.5. The number of hydrogen-bond donors (Lipinski definition) is 2. The summed E-state index contributed by atoms with van der Waals surface area (Å²) in [5.74, 6) is -0.202. The Labute approximate surface area is 203 Å². The largest absolute Gasteiger partial charge is 0.361 e. The second-order valence-corrected chi connectivity index (χ2v) is 9.24. The summed E-state index contributed by atoms with van der Waals surface area (Å²) in [5.41, 5.74) is 4.68. The van der Waals surface area contributed by atoms with Crippen LogP contribution in [0.4, 0.5) is 0 Å². The lowest BCUT2D eigenvalue weighted by atomic mass is 9.99. The number of aromatic nitrogens is 1. The normalized spacial score (nSPS) is 16.0. The third-order valence-corrected chi connectivity index (χ3v) is 6.84. The molecule has 2 amide bonds. The minimum Gasteiger partial charge on any atom is -0.361 e. The number of aromatic amines is 1. The maximum atomic E-state index is 13.4. The lowest BCUT2D eigenvalue weighted by Gasteiger charge is -2.27. The topological polar surface area (TPSA) is 65.2 Å². The summed E-state index contributed by atoms with van der Waals surface area (Å²) < 4.78 is 0. The van der Waals surface area contributed by atoms with E-state index in [0.29, 0.717) is 30.1 Å². The Kier molecular flexibility index (Phi) is 6.12. The molecule has 2 N–H and O–H groups in total. The maximum Gasteiger partial charge on any atom is 0.255 e. The number of benzene rings is 3. The Hall–Kier alpha value is -3.57. The van der Waals surface area contributed by atoms with Gasteiger partial charge in [0.1, 0.15) is 6.04 Å². The summed E-state index contributed by atoms with van der Waals surface area (Å²) in [4.78, 5) is 31.6. The van der Waals surface area contributed by atoms with Crippen LogP contribution in [0.1, 0.15) is 45.9 Å². The molecule has 2 atom stereocenters. The van der Waals surface area contributed by atoms with E-state index in [9.17, 15) is 9.59 Å². The molecule has 0 radical (unpaired) electrons. The molecule has 5 rings (SSSR count). The highest BCUT2D eigenvalue weighted by Crippen LogP contribution is 2.35. The van der Waals surface area contributed by atoms with E-state index >= 15 is 0 Å². The molecular weight excluding hydrogens is 446 g/mol. The van der Waals surface area contributed by atoms with Gasteiger partial charge >= 0.3 is 0 Å². The van der Waals surface area contributed by atoms with E-state index in [2.05, 4.69) is 23.3 Å². The number of hydrogen-bond acceptors (Lipinski definition) is 2. The van der Waals surface area contributed by atoms with Crippen LogP contribution in [0.5, 0.6) is 0 Å². The molecular formula is C28H26ClN3O2. The summed E-state index contributed by atoms with van der Waals surface area (Å²) in [5, 5.41) is 4.91. The van der Waals surface area contributed by atoms with E-state index in [4.69, 9.17) is 11.6 Å². The van der Waals surface area contributed by atoms with Gasteiger partial charge in [0.05, 0.1) is 0 Å². The van der Waals surface area contributed by atoms with Crippen LogP contribution < -0.4 is 5.32 Å². The lowest BCUT2D eigenvalue weighted by molar-refractivity contribution is -0.125. The molecule has 0 saturated heterocycles.